The van der Waals surface area contributed by atoms with Crippen molar-refractivity contribution in [2.24, 2.45) is 0 Å². The summed E-state index contributed by atoms with van der Waals surface area (Å²) in [6, 6.07) is 4.38. The van der Waals surface area contributed by atoms with Crippen molar-refractivity contribution >= 4 is 33.0 Å². The molecule has 0 saturated heterocycles. The second-order valence-corrected chi connectivity index (χ2v) is 6.12. The van der Waals surface area contributed by atoms with Crippen molar-refractivity contribution in [1.29, 1.82) is 0 Å². The summed E-state index contributed by atoms with van der Waals surface area (Å²) < 4.78 is 65.9. The lowest BCUT2D eigenvalue weighted by Gasteiger charge is -2.10. The Hall–Kier alpha value is -1.93. The quantitative estimate of drug-likeness (QED) is 0.846. The molecule has 0 spiro atoms. The van der Waals surface area contributed by atoms with E-state index in [4.69, 9.17) is 17.3 Å². The maximum Gasteiger partial charge on any atom is 0.264 e. The maximum atomic E-state index is 13.7. The predicted octanol–water partition coefficient (Wildman–Crippen LogP) is 3.14. The monoisotopic (exact) mass is 336 g/mol. The van der Waals surface area contributed by atoms with Crippen LogP contribution in [-0.2, 0) is 10.0 Å². The van der Waals surface area contributed by atoms with Crippen molar-refractivity contribution in [1.82, 2.24) is 0 Å². The molecule has 0 aliphatic heterocycles. The molecule has 2 rings (SSSR count). The predicted molar refractivity (Wildman–Crippen MR) is 73.0 cm³/mol. The number of rotatable bonds is 3. The van der Waals surface area contributed by atoms with E-state index in [0.29, 0.717) is 12.1 Å². The van der Waals surface area contributed by atoms with Crippen LogP contribution in [0, 0.1) is 17.5 Å². The number of hydrogen-bond donors (Lipinski definition) is 2. The highest BCUT2D eigenvalue weighted by Gasteiger charge is 2.23. The standard InChI is InChI=1S/C12H8ClF3N2O2S/c13-6-3-7(14)5-8(4-6)18-21(19,20)10-2-1-9(15)12(17)11(10)16/h1-5,18H,17H2. The Morgan fingerprint density at radius 3 is 2.38 bits per heavy atom. The number of sulfonamides is 1. The number of nitrogens with one attached hydrogen (secondary N) is 1. The van der Waals surface area contributed by atoms with Gasteiger partial charge in [-0.1, -0.05) is 11.6 Å². The molecule has 21 heavy (non-hydrogen) atoms. The average Bonchev–Trinajstić information content (AvgIpc) is 2.33. The number of hydrogen-bond acceptors (Lipinski definition) is 3. The van der Waals surface area contributed by atoms with Crippen LogP contribution in [0.25, 0.3) is 0 Å². The largest absolute Gasteiger partial charge is 0.394 e. The van der Waals surface area contributed by atoms with E-state index in [1.807, 2.05) is 4.72 Å². The van der Waals surface area contributed by atoms with E-state index in [1.165, 1.54) is 0 Å². The lowest BCUT2D eigenvalue weighted by molar-refractivity contribution is 0.557. The molecule has 0 radical (unpaired) electrons. The van der Waals surface area contributed by atoms with E-state index in [9.17, 15) is 21.6 Å². The smallest absolute Gasteiger partial charge is 0.264 e. The first-order valence-electron chi connectivity index (χ1n) is 5.43. The highest BCUT2D eigenvalue weighted by molar-refractivity contribution is 7.92. The van der Waals surface area contributed by atoms with Crippen LogP contribution in [0.5, 0.6) is 0 Å². The van der Waals surface area contributed by atoms with Gasteiger partial charge < -0.3 is 5.73 Å². The topological polar surface area (TPSA) is 72.2 Å². The lowest BCUT2D eigenvalue weighted by Crippen LogP contribution is -2.16. The van der Waals surface area contributed by atoms with E-state index in [2.05, 4.69) is 0 Å². The number of benzene rings is 2. The normalized spacial score (nSPS) is 11.4. The van der Waals surface area contributed by atoms with Gasteiger partial charge in [0.2, 0.25) is 0 Å². The molecule has 0 atom stereocenters. The first-order valence-corrected chi connectivity index (χ1v) is 7.29. The van der Waals surface area contributed by atoms with Crippen molar-refractivity contribution in [3.63, 3.8) is 0 Å². The molecule has 0 amide bonds. The van der Waals surface area contributed by atoms with Crippen molar-refractivity contribution in [3.8, 4) is 0 Å². The Balaban J connectivity index is 2.46. The summed E-state index contributed by atoms with van der Waals surface area (Å²) in [6.07, 6.45) is 0. The zero-order valence-corrected chi connectivity index (χ0v) is 11.8. The number of nitrogens with two attached hydrogens (primary N) is 1. The van der Waals surface area contributed by atoms with E-state index in [0.717, 1.165) is 18.2 Å². The van der Waals surface area contributed by atoms with Gasteiger partial charge in [-0.15, -0.1) is 0 Å². The van der Waals surface area contributed by atoms with Gasteiger partial charge in [-0.3, -0.25) is 4.72 Å². The SMILES string of the molecule is Nc1c(F)ccc(S(=O)(=O)Nc2cc(F)cc(Cl)c2)c1F. The molecule has 4 nitrogen and oxygen atoms in total. The van der Waals surface area contributed by atoms with Crippen molar-refractivity contribution in [2.75, 3.05) is 10.5 Å². The molecule has 0 heterocycles. The van der Waals surface area contributed by atoms with Gasteiger partial charge >= 0.3 is 0 Å². The zero-order valence-electron chi connectivity index (χ0n) is 10.2. The van der Waals surface area contributed by atoms with Gasteiger partial charge in [0.05, 0.1) is 5.69 Å². The molecule has 9 heteroatoms. The van der Waals surface area contributed by atoms with Gasteiger partial charge in [0.15, 0.2) is 5.82 Å². The second-order valence-electron chi connectivity index (χ2n) is 4.04. The molecule has 0 bridgehead atoms. The fraction of sp³-hybridized carbons (Fsp3) is 0. The Kier molecular flexibility index (Phi) is 4.02. The number of anilines is 2. The fourth-order valence-corrected chi connectivity index (χ4v) is 2.93. The summed E-state index contributed by atoms with van der Waals surface area (Å²) in [5.41, 5.74) is 3.97. The fourth-order valence-electron chi connectivity index (χ4n) is 1.58. The van der Waals surface area contributed by atoms with Crippen LogP contribution in [-0.4, -0.2) is 8.42 Å². The van der Waals surface area contributed by atoms with Crippen LogP contribution in [0.1, 0.15) is 0 Å². The van der Waals surface area contributed by atoms with E-state index in [-0.39, 0.29) is 10.7 Å². The first-order chi connectivity index (χ1) is 9.70. The molecular weight excluding hydrogens is 329 g/mol. The summed E-state index contributed by atoms with van der Waals surface area (Å²) in [7, 11) is -4.41. The van der Waals surface area contributed by atoms with E-state index in [1.54, 1.807) is 0 Å². The Morgan fingerprint density at radius 2 is 1.76 bits per heavy atom. The highest BCUT2D eigenvalue weighted by atomic mass is 35.5. The number of halogens is 4. The summed E-state index contributed by atoms with van der Waals surface area (Å²) >= 11 is 5.58. The molecule has 0 aromatic heterocycles. The van der Waals surface area contributed by atoms with Crippen LogP contribution in [0.15, 0.2) is 35.2 Å². The van der Waals surface area contributed by atoms with Crippen LogP contribution in [0.3, 0.4) is 0 Å². The van der Waals surface area contributed by atoms with Crippen molar-refractivity contribution < 1.29 is 21.6 Å². The number of nitrogen functional groups attached to an aromatic ring is 1. The maximum absolute atomic E-state index is 13.7. The zero-order chi connectivity index (χ0) is 15.8. The Bertz CT molecular complexity index is 792. The lowest BCUT2D eigenvalue weighted by atomic mass is 10.3. The summed E-state index contributed by atoms with van der Waals surface area (Å²) in [5.74, 6) is -3.29. The molecule has 112 valence electrons. The average molecular weight is 337 g/mol. The van der Waals surface area contributed by atoms with E-state index < -0.39 is 38.1 Å². The first kappa shape index (κ1) is 15.5. The van der Waals surface area contributed by atoms with Crippen LogP contribution >= 0.6 is 11.6 Å². The van der Waals surface area contributed by atoms with Gasteiger partial charge in [-0.2, -0.15) is 0 Å². The Morgan fingerprint density at radius 1 is 1.10 bits per heavy atom. The molecular formula is C12H8ClF3N2O2S. The molecule has 2 aromatic rings. The summed E-state index contributed by atoms with van der Waals surface area (Å²) in [4.78, 5) is -0.859. The van der Waals surface area contributed by atoms with E-state index >= 15 is 0 Å². The molecule has 0 fully saturated rings. The molecule has 0 aliphatic carbocycles. The van der Waals surface area contributed by atoms with Gasteiger partial charge in [0.25, 0.3) is 10.0 Å². The Labute approximate surface area is 123 Å². The van der Waals surface area contributed by atoms with Gasteiger partial charge in [0.1, 0.15) is 22.2 Å². The van der Waals surface area contributed by atoms with Crippen molar-refractivity contribution in [2.45, 2.75) is 4.90 Å². The minimum atomic E-state index is -4.41. The highest BCUT2D eigenvalue weighted by Crippen LogP contribution is 2.26. The molecule has 0 unspecified atom stereocenters. The molecule has 0 saturated carbocycles. The second kappa shape index (κ2) is 5.45. The minimum absolute atomic E-state index is 0.0493. The third-order valence-corrected chi connectivity index (χ3v) is 4.11. The molecule has 3 N–H and O–H groups in total. The third kappa shape index (κ3) is 3.22. The van der Waals surface area contributed by atoms with Crippen molar-refractivity contribution in [3.05, 3.63) is 52.8 Å². The van der Waals surface area contributed by atoms with Gasteiger partial charge in [-0.05, 0) is 30.3 Å². The van der Waals surface area contributed by atoms with Crippen LogP contribution in [0.4, 0.5) is 24.5 Å². The molecule has 0 aliphatic rings. The minimum Gasteiger partial charge on any atom is -0.394 e. The molecule has 2 aromatic carbocycles. The van der Waals surface area contributed by atoms with Crippen LogP contribution in [0.2, 0.25) is 5.02 Å². The van der Waals surface area contributed by atoms with Gasteiger partial charge in [-0.25, -0.2) is 21.6 Å². The van der Waals surface area contributed by atoms with Crippen LogP contribution < -0.4 is 10.5 Å². The summed E-state index contributed by atoms with van der Waals surface area (Å²) in [5, 5.41) is -0.0493. The van der Waals surface area contributed by atoms with Gasteiger partial charge in [0, 0.05) is 5.02 Å². The third-order valence-electron chi connectivity index (χ3n) is 2.50. The summed E-state index contributed by atoms with van der Waals surface area (Å²) in [6.45, 7) is 0.